The molecule has 2 aliphatic carbocycles. The maximum Gasteiger partial charge on any atom is -0.0144 e. The van der Waals surface area contributed by atoms with Crippen LogP contribution >= 0.6 is 0 Å². The molecule has 1 fully saturated rings. The number of hydrogen-bond donors (Lipinski definition) is 0. The lowest BCUT2D eigenvalue weighted by Gasteiger charge is -2.39. The van der Waals surface area contributed by atoms with Crippen LogP contribution in [-0.4, -0.2) is 0 Å². The van der Waals surface area contributed by atoms with Crippen LogP contribution in [0, 0.1) is 28.6 Å². The largest absolute Gasteiger partial charge is 0.0847 e. The summed E-state index contributed by atoms with van der Waals surface area (Å²) in [6.45, 7) is 14.8. The molecule has 2 aliphatic rings. The zero-order valence-corrected chi connectivity index (χ0v) is 12.6. The first-order valence-corrected chi connectivity index (χ1v) is 7.46. The average molecular weight is 234 g/mol. The van der Waals surface area contributed by atoms with Gasteiger partial charge in [-0.25, -0.2) is 0 Å². The SMILES string of the molecule is CC1CC(C)(C)C2CC(C)(C(C)C)CCC=C12. The van der Waals surface area contributed by atoms with E-state index in [9.17, 15) is 0 Å². The first kappa shape index (κ1) is 13.2. The second-order valence-electron chi connectivity index (χ2n) is 7.90. The molecule has 3 unspecified atom stereocenters. The molecule has 2 rings (SSSR count). The van der Waals surface area contributed by atoms with E-state index in [1.165, 1.54) is 25.7 Å². The quantitative estimate of drug-likeness (QED) is 0.530. The molecule has 1 saturated carbocycles. The van der Waals surface area contributed by atoms with Gasteiger partial charge in [-0.3, -0.25) is 0 Å². The van der Waals surface area contributed by atoms with Crippen LogP contribution in [0.25, 0.3) is 0 Å². The van der Waals surface area contributed by atoms with E-state index in [4.69, 9.17) is 0 Å². The van der Waals surface area contributed by atoms with Crippen LogP contribution in [0.4, 0.5) is 0 Å². The molecule has 0 aromatic heterocycles. The second kappa shape index (κ2) is 4.14. The van der Waals surface area contributed by atoms with Crippen molar-refractivity contribution in [2.75, 3.05) is 0 Å². The fourth-order valence-corrected chi connectivity index (χ4v) is 4.24. The zero-order valence-electron chi connectivity index (χ0n) is 12.6. The number of rotatable bonds is 1. The Hall–Kier alpha value is -0.260. The Morgan fingerprint density at radius 3 is 2.41 bits per heavy atom. The summed E-state index contributed by atoms with van der Waals surface area (Å²) in [7, 11) is 0. The Kier molecular flexibility index (Phi) is 3.21. The molecule has 0 spiro atoms. The summed E-state index contributed by atoms with van der Waals surface area (Å²) in [5, 5.41) is 0. The van der Waals surface area contributed by atoms with E-state index in [1.807, 2.05) is 0 Å². The lowest BCUT2D eigenvalue weighted by atomic mass is 9.66. The molecule has 0 aromatic rings. The monoisotopic (exact) mass is 234 g/mol. The van der Waals surface area contributed by atoms with Crippen molar-refractivity contribution in [3.8, 4) is 0 Å². The Labute approximate surface area is 108 Å². The van der Waals surface area contributed by atoms with Crippen LogP contribution in [0.3, 0.4) is 0 Å². The molecule has 17 heavy (non-hydrogen) atoms. The molecule has 0 radical (unpaired) electrons. The molecule has 0 saturated heterocycles. The number of fused-ring (bicyclic) bond motifs is 1. The predicted molar refractivity (Wildman–Crippen MR) is 75.9 cm³/mol. The van der Waals surface area contributed by atoms with Crippen molar-refractivity contribution < 1.29 is 0 Å². The van der Waals surface area contributed by atoms with Crippen LogP contribution in [0.15, 0.2) is 11.6 Å². The molecule has 0 heterocycles. The molecule has 0 amide bonds. The van der Waals surface area contributed by atoms with E-state index in [1.54, 1.807) is 5.57 Å². The van der Waals surface area contributed by atoms with E-state index in [2.05, 4.69) is 47.6 Å². The maximum absolute atomic E-state index is 2.59. The summed E-state index contributed by atoms with van der Waals surface area (Å²) in [4.78, 5) is 0. The highest BCUT2D eigenvalue weighted by molar-refractivity contribution is 5.22. The van der Waals surface area contributed by atoms with Gasteiger partial charge in [-0.05, 0) is 54.3 Å². The summed E-state index contributed by atoms with van der Waals surface area (Å²) >= 11 is 0. The smallest absolute Gasteiger partial charge is 0.0144 e. The van der Waals surface area contributed by atoms with E-state index in [0.717, 1.165) is 17.8 Å². The topological polar surface area (TPSA) is 0 Å². The Morgan fingerprint density at radius 2 is 1.82 bits per heavy atom. The molecule has 0 bridgehead atoms. The Morgan fingerprint density at radius 1 is 1.18 bits per heavy atom. The zero-order chi connectivity index (χ0) is 12.8. The van der Waals surface area contributed by atoms with Crippen molar-refractivity contribution in [2.24, 2.45) is 28.6 Å². The standard InChI is InChI=1S/C17H30/c1-12(2)17(6)9-7-8-14-13(3)10-16(4,5)15(14)11-17/h8,12-13,15H,7,9-11H2,1-6H3. The van der Waals surface area contributed by atoms with Gasteiger partial charge in [0.2, 0.25) is 0 Å². The number of allylic oxidation sites excluding steroid dienone is 2. The van der Waals surface area contributed by atoms with Crippen LogP contribution in [0.5, 0.6) is 0 Å². The van der Waals surface area contributed by atoms with Gasteiger partial charge >= 0.3 is 0 Å². The van der Waals surface area contributed by atoms with Gasteiger partial charge < -0.3 is 0 Å². The highest BCUT2D eigenvalue weighted by Gasteiger charge is 2.46. The van der Waals surface area contributed by atoms with Crippen molar-refractivity contribution in [3.05, 3.63) is 11.6 Å². The first-order chi connectivity index (χ1) is 7.76. The summed E-state index contributed by atoms with van der Waals surface area (Å²) < 4.78 is 0. The minimum Gasteiger partial charge on any atom is -0.0847 e. The van der Waals surface area contributed by atoms with E-state index in [0.29, 0.717) is 10.8 Å². The minimum absolute atomic E-state index is 0.520. The van der Waals surface area contributed by atoms with E-state index < -0.39 is 0 Å². The molecule has 0 aromatic carbocycles. The van der Waals surface area contributed by atoms with Crippen molar-refractivity contribution in [1.82, 2.24) is 0 Å². The number of hydrogen-bond acceptors (Lipinski definition) is 0. The molecular weight excluding hydrogens is 204 g/mol. The van der Waals surface area contributed by atoms with Crippen LogP contribution in [0.2, 0.25) is 0 Å². The summed E-state index contributed by atoms with van der Waals surface area (Å²) in [6, 6.07) is 0. The minimum atomic E-state index is 0.520. The molecule has 0 aliphatic heterocycles. The highest BCUT2D eigenvalue weighted by Crippen LogP contribution is 2.57. The van der Waals surface area contributed by atoms with Gasteiger partial charge in [0.05, 0.1) is 0 Å². The lowest BCUT2D eigenvalue weighted by Crippen LogP contribution is -2.30. The van der Waals surface area contributed by atoms with Crippen LogP contribution in [-0.2, 0) is 0 Å². The third kappa shape index (κ3) is 2.20. The molecule has 0 nitrogen and oxygen atoms in total. The Balaban J connectivity index is 2.31. The third-order valence-electron chi connectivity index (χ3n) is 5.91. The Bertz CT molecular complexity index is 321. The summed E-state index contributed by atoms with van der Waals surface area (Å²) in [5.74, 6) is 2.47. The van der Waals surface area contributed by atoms with E-state index >= 15 is 0 Å². The summed E-state index contributed by atoms with van der Waals surface area (Å²) in [6.07, 6.45) is 8.08. The average Bonchev–Trinajstić information content (AvgIpc) is 2.38. The predicted octanol–water partition coefficient (Wildman–Crippen LogP) is 5.44. The normalized spacial score (nSPS) is 41.0. The van der Waals surface area contributed by atoms with Crippen molar-refractivity contribution in [1.29, 1.82) is 0 Å². The van der Waals surface area contributed by atoms with Crippen LogP contribution < -0.4 is 0 Å². The van der Waals surface area contributed by atoms with Crippen molar-refractivity contribution in [2.45, 2.75) is 67.2 Å². The van der Waals surface area contributed by atoms with Gasteiger partial charge in [0.15, 0.2) is 0 Å². The highest BCUT2D eigenvalue weighted by atomic mass is 14.5. The third-order valence-corrected chi connectivity index (χ3v) is 5.91. The fourth-order valence-electron chi connectivity index (χ4n) is 4.24. The van der Waals surface area contributed by atoms with Gasteiger partial charge in [-0.1, -0.05) is 53.2 Å². The fraction of sp³-hybridized carbons (Fsp3) is 0.882. The van der Waals surface area contributed by atoms with Gasteiger partial charge in [-0.2, -0.15) is 0 Å². The summed E-state index contributed by atoms with van der Waals surface area (Å²) in [5.41, 5.74) is 2.86. The molecule has 3 atom stereocenters. The lowest BCUT2D eigenvalue weighted by molar-refractivity contribution is 0.123. The van der Waals surface area contributed by atoms with Crippen LogP contribution in [0.1, 0.15) is 67.2 Å². The first-order valence-electron chi connectivity index (χ1n) is 7.46. The van der Waals surface area contributed by atoms with E-state index in [-0.39, 0.29) is 0 Å². The molecule has 0 N–H and O–H groups in total. The maximum atomic E-state index is 2.59. The van der Waals surface area contributed by atoms with Gasteiger partial charge in [-0.15, -0.1) is 0 Å². The van der Waals surface area contributed by atoms with Gasteiger partial charge in [0.25, 0.3) is 0 Å². The second-order valence-corrected chi connectivity index (χ2v) is 7.90. The van der Waals surface area contributed by atoms with Crippen molar-refractivity contribution >= 4 is 0 Å². The van der Waals surface area contributed by atoms with Gasteiger partial charge in [0, 0.05) is 0 Å². The van der Waals surface area contributed by atoms with Gasteiger partial charge in [0.1, 0.15) is 0 Å². The molecule has 0 heteroatoms. The molecule has 98 valence electrons. The molecular formula is C17H30. The van der Waals surface area contributed by atoms with Crippen molar-refractivity contribution in [3.63, 3.8) is 0 Å².